The maximum Gasteiger partial charge on any atom is 0.240 e. The summed E-state index contributed by atoms with van der Waals surface area (Å²) in [4.78, 5) is 12.3. The minimum absolute atomic E-state index is 0.132. The molecule has 0 aliphatic carbocycles. The van der Waals surface area contributed by atoms with E-state index in [0.29, 0.717) is 10.5 Å². The lowest BCUT2D eigenvalue weighted by Crippen LogP contribution is -2.27. The summed E-state index contributed by atoms with van der Waals surface area (Å²) in [5.74, 6) is -0.422. The van der Waals surface area contributed by atoms with Crippen LogP contribution in [0, 0.1) is 16.7 Å². The number of amides is 1. The molecule has 1 amide bonds. The van der Waals surface area contributed by atoms with Crippen LogP contribution in [0.3, 0.4) is 0 Å². The molecule has 0 aliphatic heterocycles. The van der Waals surface area contributed by atoms with Crippen molar-refractivity contribution in [3.8, 4) is 11.3 Å². The van der Waals surface area contributed by atoms with Crippen LogP contribution in [0.1, 0.15) is 11.1 Å². The standard InChI is InChI=1S/C19H17FN2OS2/c1-13-2-6-15(7-3-13)17-12-25-19(24)22(17)11-18(23)21-10-14-4-8-16(20)9-5-14/h2-9,12H,10-11H2,1H3,(H,21,23). The van der Waals surface area contributed by atoms with Crippen LogP contribution < -0.4 is 5.32 Å². The van der Waals surface area contributed by atoms with E-state index in [2.05, 4.69) is 5.32 Å². The maximum atomic E-state index is 12.9. The topological polar surface area (TPSA) is 34.0 Å². The van der Waals surface area contributed by atoms with Crippen LogP contribution in [0.25, 0.3) is 11.3 Å². The van der Waals surface area contributed by atoms with Gasteiger partial charge in [0, 0.05) is 11.9 Å². The molecule has 0 spiro atoms. The van der Waals surface area contributed by atoms with E-state index in [4.69, 9.17) is 12.2 Å². The number of aromatic nitrogens is 1. The number of nitrogens with zero attached hydrogens (tertiary/aromatic N) is 1. The van der Waals surface area contributed by atoms with Crippen molar-refractivity contribution < 1.29 is 9.18 Å². The highest BCUT2D eigenvalue weighted by Crippen LogP contribution is 2.24. The van der Waals surface area contributed by atoms with Crippen molar-refractivity contribution in [3.63, 3.8) is 0 Å². The second-order valence-corrected chi connectivity index (χ2v) is 7.25. The number of benzene rings is 2. The number of rotatable bonds is 5. The Morgan fingerprint density at radius 3 is 2.52 bits per heavy atom. The van der Waals surface area contributed by atoms with Crippen LogP contribution in [0.5, 0.6) is 0 Å². The highest BCUT2D eigenvalue weighted by molar-refractivity contribution is 7.73. The lowest BCUT2D eigenvalue weighted by molar-refractivity contribution is -0.121. The zero-order chi connectivity index (χ0) is 17.8. The number of aryl methyl sites for hydroxylation is 1. The molecule has 0 saturated carbocycles. The molecule has 0 saturated heterocycles. The summed E-state index contributed by atoms with van der Waals surface area (Å²) in [6.07, 6.45) is 0. The molecule has 0 radical (unpaired) electrons. The van der Waals surface area contributed by atoms with Gasteiger partial charge in [0.05, 0.1) is 5.69 Å². The van der Waals surface area contributed by atoms with E-state index < -0.39 is 0 Å². The molecule has 3 aromatic rings. The Hall–Kier alpha value is -2.31. The van der Waals surface area contributed by atoms with Gasteiger partial charge in [0.2, 0.25) is 5.91 Å². The number of carbonyl (C=O) groups excluding carboxylic acids is 1. The van der Waals surface area contributed by atoms with E-state index in [1.54, 1.807) is 12.1 Å². The summed E-state index contributed by atoms with van der Waals surface area (Å²) < 4.78 is 15.4. The first-order chi connectivity index (χ1) is 12.0. The Morgan fingerprint density at radius 1 is 1.16 bits per heavy atom. The van der Waals surface area contributed by atoms with Crippen LogP contribution >= 0.6 is 23.6 Å². The molecule has 6 heteroatoms. The molecule has 25 heavy (non-hydrogen) atoms. The van der Waals surface area contributed by atoms with Gasteiger partial charge in [-0.1, -0.05) is 42.0 Å². The van der Waals surface area contributed by atoms with Gasteiger partial charge in [-0.15, -0.1) is 11.3 Å². The largest absolute Gasteiger partial charge is 0.350 e. The molecule has 0 unspecified atom stereocenters. The van der Waals surface area contributed by atoms with Gasteiger partial charge >= 0.3 is 0 Å². The fraction of sp³-hybridized carbons (Fsp3) is 0.158. The Kier molecular flexibility index (Phi) is 5.40. The van der Waals surface area contributed by atoms with Crippen molar-refractivity contribution >= 4 is 29.5 Å². The van der Waals surface area contributed by atoms with E-state index in [0.717, 1.165) is 16.8 Å². The lowest BCUT2D eigenvalue weighted by atomic mass is 10.1. The first-order valence-corrected chi connectivity index (χ1v) is 9.08. The summed E-state index contributed by atoms with van der Waals surface area (Å²) in [6.45, 7) is 2.55. The van der Waals surface area contributed by atoms with E-state index >= 15 is 0 Å². The van der Waals surface area contributed by atoms with Gasteiger partial charge in [-0.25, -0.2) is 4.39 Å². The van der Waals surface area contributed by atoms with Gasteiger partial charge in [0.25, 0.3) is 0 Å². The third-order valence-corrected chi connectivity index (χ3v) is 5.11. The minimum Gasteiger partial charge on any atom is -0.350 e. The smallest absolute Gasteiger partial charge is 0.240 e. The maximum absolute atomic E-state index is 12.9. The number of hydrogen-bond acceptors (Lipinski definition) is 3. The quantitative estimate of drug-likeness (QED) is 0.658. The van der Waals surface area contributed by atoms with Gasteiger partial charge in [0.15, 0.2) is 3.95 Å². The Balaban J connectivity index is 1.71. The molecule has 0 aliphatic rings. The highest BCUT2D eigenvalue weighted by Gasteiger charge is 2.11. The third kappa shape index (κ3) is 4.41. The molecule has 128 valence electrons. The molecule has 3 nitrogen and oxygen atoms in total. The third-order valence-electron chi connectivity index (χ3n) is 3.83. The molecule has 1 heterocycles. The molecule has 1 aromatic heterocycles. The van der Waals surface area contributed by atoms with E-state index in [1.165, 1.54) is 29.0 Å². The number of nitrogens with one attached hydrogen (secondary N) is 1. The van der Waals surface area contributed by atoms with Crippen LogP contribution in [0.15, 0.2) is 53.9 Å². The van der Waals surface area contributed by atoms with Gasteiger partial charge < -0.3 is 9.88 Å². The SMILES string of the molecule is Cc1ccc(-c2csc(=S)n2CC(=O)NCc2ccc(F)cc2)cc1. The molecule has 3 rings (SSSR count). The Morgan fingerprint density at radius 2 is 1.84 bits per heavy atom. The molecule has 0 bridgehead atoms. The van der Waals surface area contributed by atoms with Crippen LogP contribution in [0.2, 0.25) is 0 Å². The minimum atomic E-state index is -0.289. The van der Waals surface area contributed by atoms with Crippen LogP contribution in [-0.4, -0.2) is 10.5 Å². The van der Waals surface area contributed by atoms with Gasteiger partial charge in [0.1, 0.15) is 12.4 Å². The van der Waals surface area contributed by atoms with Crippen LogP contribution in [0.4, 0.5) is 4.39 Å². The van der Waals surface area contributed by atoms with Crippen LogP contribution in [-0.2, 0) is 17.9 Å². The predicted octanol–water partition coefficient (Wildman–Crippen LogP) is 4.71. The van der Waals surface area contributed by atoms with E-state index in [9.17, 15) is 9.18 Å². The predicted molar refractivity (Wildman–Crippen MR) is 102 cm³/mol. The van der Waals surface area contributed by atoms with Crippen molar-refractivity contribution in [1.29, 1.82) is 0 Å². The summed E-state index contributed by atoms with van der Waals surface area (Å²) in [5.41, 5.74) is 4.00. The monoisotopic (exact) mass is 372 g/mol. The molecule has 0 atom stereocenters. The number of halogens is 1. The summed E-state index contributed by atoms with van der Waals surface area (Å²) in [7, 11) is 0. The van der Waals surface area contributed by atoms with Crippen molar-refractivity contribution in [2.45, 2.75) is 20.0 Å². The fourth-order valence-electron chi connectivity index (χ4n) is 2.43. The van der Waals surface area contributed by atoms with E-state index in [-0.39, 0.29) is 18.3 Å². The number of hydrogen-bond donors (Lipinski definition) is 1. The first-order valence-electron chi connectivity index (χ1n) is 7.79. The zero-order valence-corrected chi connectivity index (χ0v) is 15.3. The van der Waals surface area contributed by atoms with Gasteiger partial charge in [-0.2, -0.15) is 0 Å². The molecular formula is C19H17FN2OS2. The molecule has 1 N–H and O–H groups in total. The number of thiazole rings is 1. The van der Waals surface area contributed by atoms with Gasteiger partial charge in [-0.05, 0) is 42.4 Å². The van der Waals surface area contributed by atoms with Crippen molar-refractivity contribution in [3.05, 3.63) is 74.8 Å². The van der Waals surface area contributed by atoms with Crippen molar-refractivity contribution in [1.82, 2.24) is 9.88 Å². The summed E-state index contributed by atoms with van der Waals surface area (Å²) in [6, 6.07) is 14.2. The fourth-order valence-corrected chi connectivity index (χ4v) is 3.51. The lowest BCUT2D eigenvalue weighted by Gasteiger charge is -2.10. The summed E-state index contributed by atoms with van der Waals surface area (Å²) in [5, 5.41) is 4.82. The average Bonchev–Trinajstić information content (AvgIpc) is 2.96. The normalized spacial score (nSPS) is 10.6. The second-order valence-electron chi connectivity index (χ2n) is 5.74. The zero-order valence-electron chi connectivity index (χ0n) is 13.7. The van der Waals surface area contributed by atoms with Crippen molar-refractivity contribution in [2.24, 2.45) is 0 Å². The van der Waals surface area contributed by atoms with Gasteiger partial charge in [-0.3, -0.25) is 4.79 Å². The molecule has 0 fully saturated rings. The average molecular weight is 372 g/mol. The van der Waals surface area contributed by atoms with Crippen molar-refractivity contribution in [2.75, 3.05) is 0 Å². The Bertz CT molecular complexity index is 927. The second kappa shape index (κ2) is 7.72. The first kappa shape index (κ1) is 17.5. The molecular weight excluding hydrogens is 355 g/mol. The molecule has 2 aromatic carbocycles. The Labute approximate surface area is 154 Å². The highest BCUT2D eigenvalue weighted by atomic mass is 32.1. The van der Waals surface area contributed by atoms with E-state index in [1.807, 2.05) is 41.1 Å². The number of carbonyl (C=O) groups is 1. The summed E-state index contributed by atoms with van der Waals surface area (Å²) >= 11 is 6.81.